The lowest BCUT2D eigenvalue weighted by Crippen LogP contribution is -2.52. The average Bonchev–Trinajstić information content (AvgIpc) is 2.98. The average molecular weight is 536 g/mol. The number of nitro groups is 1. The van der Waals surface area contributed by atoms with Crippen molar-refractivity contribution >= 4 is 34.8 Å². The Balaban J connectivity index is 1.59. The number of anilines is 1. The third kappa shape index (κ3) is 6.12. The molecule has 3 aromatic rings. The van der Waals surface area contributed by atoms with Crippen molar-refractivity contribution in [3.05, 3.63) is 105 Å². The van der Waals surface area contributed by atoms with Crippen LogP contribution in [0.25, 0.3) is 0 Å². The predicted molar refractivity (Wildman–Crippen MR) is 138 cm³/mol. The van der Waals surface area contributed by atoms with E-state index >= 15 is 0 Å². The highest BCUT2D eigenvalue weighted by atomic mass is 19.1. The standard InChI is InChI=1S/C27H23F2N5O5/c1-15(30-23(35)12-16-10-18(28)13-19(29)11-16)26(36)32-25-27(37)33(2)22-9-8-20(34(38)39)14-21(22)24(31-25)17-6-4-3-5-7-17/h3-11,13-15,25H,12H2,1-2H3,(H,30,35)(H,32,36)/t15-,25?/m0/s1. The van der Waals surface area contributed by atoms with Crippen LogP contribution in [0.5, 0.6) is 0 Å². The number of halogens is 2. The second-order valence-electron chi connectivity index (χ2n) is 8.85. The molecule has 39 heavy (non-hydrogen) atoms. The number of benzene rings is 3. The van der Waals surface area contributed by atoms with Crippen molar-refractivity contribution in [3.8, 4) is 0 Å². The van der Waals surface area contributed by atoms with Crippen molar-refractivity contribution in [2.45, 2.75) is 25.6 Å². The second-order valence-corrected chi connectivity index (χ2v) is 8.85. The van der Waals surface area contributed by atoms with Crippen molar-refractivity contribution in [1.29, 1.82) is 0 Å². The van der Waals surface area contributed by atoms with E-state index < -0.39 is 46.5 Å². The Kier molecular flexibility index (Phi) is 7.75. The van der Waals surface area contributed by atoms with E-state index in [2.05, 4.69) is 15.6 Å². The SMILES string of the molecule is C[C@H](NC(=O)Cc1cc(F)cc(F)c1)C(=O)NC1N=C(c2ccccc2)c2cc([N+](=O)[O-])ccc2N(C)C1=O. The van der Waals surface area contributed by atoms with Crippen molar-refractivity contribution in [1.82, 2.24) is 10.6 Å². The van der Waals surface area contributed by atoms with Crippen LogP contribution in [0.2, 0.25) is 0 Å². The number of carbonyl (C=O) groups is 3. The number of nitrogens with zero attached hydrogens (tertiary/aromatic N) is 3. The van der Waals surface area contributed by atoms with Gasteiger partial charge in [-0.1, -0.05) is 30.3 Å². The van der Waals surface area contributed by atoms with Crippen LogP contribution in [-0.4, -0.2) is 47.6 Å². The van der Waals surface area contributed by atoms with Crippen molar-refractivity contribution in [2.24, 2.45) is 4.99 Å². The summed E-state index contributed by atoms with van der Waals surface area (Å²) in [7, 11) is 1.46. The van der Waals surface area contributed by atoms with Crippen molar-refractivity contribution < 1.29 is 28.1 Å². The number of carbonyl (C=O) groups excluding carboxylic acids is 3. The minimum Gasteiger partial charge on any atom is -0.344 e. The Morgan fingerprint density at radius 1 is 1.08 bits per heavy atom. The molecule has 0 radical (unpaired) electrons. The topological polar surface area (TPSA) is 134 Å². The predicted octanol–water partition coefficient (Wildman–Crippen LogP) is 2.88. The normalized spacial score (nSPS) is 15.5. The van der Waals surface area contributed by atoms with Gasteiger partial charge in [0.25, 0.3) is 11.6 Å². The van der Waals surface area contributed by atoms with E-state index in [1.807, 2.05) is 0 Å². The maximum atomic E-state index is 13.4. The zero-order valence-corrected chi connectivity index (χ0v) is 20.9. The van der Waals surface area contributed by atoms with Gasteiger partial charge in [-0.15, -0.1) is 0 Å². The first kappa shape index (κ1) is 27.0. The molecule has 3 aromatic carbocycles. The summed E-state index contributed by atoms with van der Waals surface area (Å²) in [4.78, 5) is 55.3. The fourth-order valence-corrected chi connectivity index (χ4v) is 4.11. The number of hydrogen-bond acceptors (Lipinski definition) is 6. The van der Waals surface area contributed by atoms with Gasteiger partial charge >= 0.3 is 0 Å². The Labute approximate surface area is 221 Å². The lowest BCUT2D eigenvalue weighted by molar-refractivity contribution is -0.384. The second kappa shape index (κ2) is 11.2. The van der Waals surface area contributed by atoms with Crippen molar-refractivity contribution in [2.75, 3.05) is 11.9 Å². The number of nitro benzene ring substituents is 1. The number of rotatable bonds is 7. The molecule has 1 unspecified atom stereocenters. The molecule has 2 N–H and O–H groups in total. The molecule has 0 spiro atoms. The van der Waals surface area contributed by atoms with Crippen LogP contribution in [0, 0.1) is 21.7 Å². The zero-order valence-electron chi connectivity index (χ0n) is 20.9. The van der Waals surface area contributed by atoms with E-state index in [4.69, 9.17) is 0 Å². The summed E-state index contributed by atoms with van der Waals surface area (Å²) < 4.78 is 26.9. The summed E-state index contributed by atoms with van der Waals surface area (Å²) in [6.45, 7) is 1.38. The molecular weight excluding hydrogens is 512 g/mol. The third-order valence-corrected chi connectivity index (χ3v) is 6.01. The molecule has 200 valence electrons. The number of fused-ring (bicyclic) bond motifs is 1. The lowest BCUT2D eigenvalue weighted by Gasteiger charge is -2.22. The van der Waals surface area contributed by atoms with Crippen LogP contribution in [0.1, 0.15) is 23.6 Å². The molecule has 1 aliphatic heterocycles. The first-order valence-electron chi connectivity index (χ1n) is 11.8. The molecule has 2 atom stereocenters. The van der Waals surface area contributed by atoms with E-state index in [1.165, 1.54) is 37.1 Å². The van der Waals surface area contributed by atoms with E-state index in [0.717, 1.165) is 12.1 Å². The Hall–Kier alpha value is -5.00. The third-order valence-electron chi connectivity index (χ3n) is 6.01. The summed E-state index contributed by atoms with van der Waals surface area (Å²) >= 11 is 0. The van der Waals surface area contributed by atoms with Gasteiger partial charge < -0.3 is 15.5 Å². The maximum Gasteiger partial charge on any atom is 0.272 e. The molecule has 10 nitrogen and oxygen atoms in total. The highest BCUT2D eigenvalue weighted by Crippen LogP contribution is 2.30. The monoisotopic (exact) mass is 535 g/mol. The van der Waals surface area contributed by atoms with Gasteiger partial charge in [-0.25, -0.2) is 13.8 Å². The van der Waals surface area contributed by atoms with Gasteiger partial charge in [-0.05, 0) is 30.7 Å². The number of amides is 3. The molecular formula is C27H23F2N5O5. The van der Waals surface area contributed by atoms with Gasteiger partial charge in [0.2, 0.25) is 18.0 Å². The number of aliphatic imine (C=N–C) groups is 1. The summed E-state index contributed by atoms with van der Waals surface area (Å²) in [6.07, 6.45) is -1.79. The summed E-state index contributed by atoms with van der Waals surface area (Å²) in [5, 5.41) is 16.4. The van der Waals surface area contributed by atoms with Gasteiger partial charge in [-0.3, -0.25) is 24.5 Å². The smallest absolute Gasteiger partial charge is 0.272 e. The number of benzodiazepines with no additional fused rings is 1. The lowest BCUT2D eigenvalue weighted by atomic mass is 9.99. The molecule has 4 rings (SSSR count). The molecule has 3 amide bonds. The van der Waals surface area contributed by atoms with Gasteiger partial charge in [0.1, 0.15) is 17.7 Å². The van der Waals surface area contributed by atoms with E-state index in [1.54, 1.807) is 30.3 Å². The summed E-state index contributed by atoms with van der Waals surface area (Å²) in [6, 6.07) is 14.3. The van der Waals surface area contributed by atoms with Crippen LogP contribution in [0.4, 0.5) is 20.2 Å². The zero-order chi connectivity index (χ0) is 28.3. The molecule has 0 saturated heterocycles. The fourth-order valence-electron chi connectivity index (χ4n) is 4.11. The molecule has 0 fully saturated rings. The Bertz CT molecular complexity index is 1470. The number of likely N-dealkylation sites (N-methyl/N-ethyl adjacent to an activating group) is 1. The minimum atomic E-state index is -1.42. The van der Waals surface area contributed by atoms with Crippen LogP contribution in [0.3, 0.4) is 0 Å². The summed E-state index contributed by atoms with van der Waals surface area (Å²) in [5.74, 6) is -3.69. The van der Waals surface area contributed by atoms with Crippen molar-refractivity contribution in [3.63, 3.8) is 0 Å². The van der Waals surface area contributed by atoms with Crippen LogP contribution >= 0.6 is 0 Å². The van der Waals surface area contributed by atoms with Crippen LogP contribution < -0.4 is 15.5 Å². The Morgan fingerprint density at radius 3 is 2.38 bits per heavy atom. The van der Waals surface area contributed by atoms with Gasteiger partial charge in [0.05, 0.1) is 22.7 Å². The maximum absolute atomic E-state index is 13.4. The molecule has 0 saturated carbocycles. The van der Waals surface area contributed by atoms with Gasteiger partial charge in [-0.2, -0.15) is 0 Å². The highest BCUT2D eigenvalue weighted by Gasteiger charge is 2.33. The first-order valence-corrected chi connectivity index (χ1v) is 11.8. The van der Waals surface area contributed by atoms with Gasteiger partial charge in [0, 0.05) is 36.4 Å². The minimum absolute atomic E-state index is 0.0853. The number of non-ortho nitro benzene ring substituents is 1. The van der Waals surface area contributed by atoms with E-state index in [-0.39, 0.29) is 23.4 Å². The quantitative estimate of drug-likeness (QED) is 0.355. The molecule has 0 aliphatic carbocycles. The fraction of sp³-hybridized carbons (Fsp3) is 0.185. The molecule has 12 heteroatoms. The van der Waals surface area contributed by atoms with E-state index in [0.29, 0.717) is 22.9 Å². The van der Waals surface area contributed by atoms with Crippen LogP contribution in [0.15, 0.2) is 71.7 Å². The summed E-state index contributed by atoms with van der Waals surface area (Å²) in [5.41, 5.74) is 1.38. The van der Waals surface area contributed by atoms with Gasteiger partial charge in [0.15, 0.2) is 0 Å². The first-order chi connectivity index (χ1) is 18.5. The largest absolute Gasteiger partial charge is 0.344 e. The van der Waals surface area contributed by atoms with Crippen LogP contribution in [-0.2, 0) is 20.8 Å². The molecule has 0 bridgehead atoms. The molecule has 1 heterocycles. The van der Waals surface area contributed by atoms with E-state index in [9.17, 15) is 33.3 Å². The molecule has 1 aliphatic rings. The number of nitrogens with one attached hydrogen (secondary N) is 2. The molecule has 0 aromatic heterocycles. The number of hydrogen-bond donors (Lipinski definition) is 2. The Morgan fingerprint density at radius 2 is 1.74 bits per heavy atom. The highest BCUT2D eigenvalue weighted by molar-refractivity contribution is 6.20.